The summed E-state index contributed by atoms with van der Waals surface area (Å²) in [5.74, 6) is 0.479. The van der Waals surface area contributed by atoms with E-state index in [1.807, 2.05) is 17.0 Å². The molecule has 1 aliphatic heterocycles. The number of rotatable bonds is 12. The zero-order chi connectivity index (χ0) is 30.2. The highest BCUT2D eigenvalue weighted by Gasteiger charge is 2.28. The molecule has 0 aromatic heterocycles. The van der Waals surface area contributed by atoms with E-state index in [1.165, 1.54) is 0 Å². The van der Waals surface area contributed by atoms with E-state index in [2.05, 4.69) is 38.3 Å². The number of ether oxygens (including phenoxy) is 2. The average molecular weight is 566 g/mol. The Kier molecular flexibility index (Phi) is 11.2. The molecule has 41 heavy (non-hydrogen) atoms. The summed E-state index contributed by atoms with van der Waals surface area (Å²) in [6, 6.07) is 9.07. The quantitative estimate of drug-likeness (QED) is 0.295. The minimum atomic E-state index is -0.242. The smallest absolute Gasteiger partial charge is 0.257 e. The van der Waals surface area contributed by atoms with Crippen LogP contribution in [-0.2, 0) is 10.2 Å². The molecule has 3 rings (SSSR count). The Hall–Kier alpha value is -3.55. The van der Waals surface area contributed by atoms with Crippen molar-refractivity contribution < 1.29 is 23.9 Å². The minimum Gasteiger partial charge on any atom is -0.496 e. The summed E-state index contributed by atoms with van der Waals surface area (Å²) in [5.41, 5.74) is 3.15. The average Bonchev–Trinajstić information content (AvgIpc) is 3.49. The van der Waals surface area contributed by atoms with Gasteiger partial charge >= 0.3 is 0 Å². The maximum Gasteiger partial charge on any atom is 0.257 e. The maximum absolute atomic E-state index is 13.7. The predicted molar refractivity (Wildman–Crippen MR) is 163 cm³/mol. The molecule has 1 unspecified atom stereocenters. The Morgan fingerprint density at radius 3 is 2.24 bits per heavy atom. The van der Waals surface area contributed by atoms with E-state index in [0.717, 1.165) is 62.7 Å². The van der Waals surface area contributed by atoms with Gasteiger partial charge in [-0.05, 0) is 59.9 Å². The molecule has 0 aliphatic carbocycles. The van der Waals surface area contributed by atoms with Crippen LogP contribution in [0.2, 0.25) is 0 Å². The van der Waals surface area contributed by atoms with E-state index in [9.17, 15) is 14.4 Å². The number of carbonyl (C=O) groups excluding carboxylic acids is 3. The number of anilines is 1. The van der Waals surface area contributed by atoms with Crippen LogP contribution in [0, 0.1) is 0 Å². The third-order valence-electron chi connectivity index (χ3n) is 7.79. The molecule has 8 nitrogen and oxygen atoms in total. The van der Waals surface area contributed by atoms with Crippen LogP contribution in [0.4, 0.5) is 5.69 Å². The molecule has 1 atom stereocenters. The van der Waals surface area contributed by atoms with E-state index < -0.39 is 0 Å². The molecule has 2 aromatic carbocycles. The van der Waals surface area contributed by atoms with E-state index in [-0.39, 0.29) is 35.5 Å². The van der Waals surface area contributed by atoms with Gasteiger partial charge in [-0.15, -0.1) is 0 Å². The maximum atomic E-state index is 13.7. The lowest BCUT2D eigenvalue weighted by Crippen LogP contribution is -2.28. The first-order valence-electron chi connectivity index (χ1n) is 14.8. The van der Waals surface area contributed by atoms with Crippen molar-refractivity contribution >= 4 is 23.4 Å². The van der Waals surface area contributed by atoms with Crippen molar-refractivity contribution in [2.45, 2.75) is 84.0 Å². The Bertz CT molecular complexity index is 1230. The molecule has 2 aromatic rings. The van der Waals surface area contributed by atoms with Crippen LogP contribution in [0.25, 0.3) is 0 Å². The van der Waals surface area contributed by atoms with Gasteiger partial charge in [-0.2, -0.15) is 0 Å². The van der Waals surface area contributed by atoms with Crippen LogP contribution in [0.15, 0.2) is 30.3 Å². The molecule has 1 fully saturated rings. The second-order valence-electron chi connectivity index (χ2n) is 11.8. The zero-order valence-corrected chi connectivity index (χ0v) is 25.8. The monoisotopic (exact) mass is 565 g/mol. The van der Waals surface area contributed by atoms with E-state index in [4.69, 9.17) is 9.47 Å². The van der Waals surface area contributed by atoms with Crippen LogP contribution < -0.4 is 20.1 Å². The fraction of sp³-hybridized carbons (Fsp3) is 0.545. The van der Waals surface area contributed by atoms with Crippen molar-refractivity contribution in [1.82, 2.24) is 10.2 Å². The highest BCUT2D eigenvalue weighted by Crippen LogP contribution is 2.39. The lowest BCUT2D eigenvalue weighted by Gasteiger charge is -2.25. The predicted octanol–water partition coefficient (Wildman–Crippen LogP) is 6.29. The van der Waals surface area contributed by atoms with Gasteiger partial charge in [0.05, 0.1) is 19.8 Å². The summed E-state index contributed by atoms with van der Waals surface area (Å²) >= 11 is 0. The summed E-state index contributed by atoms with van der Waals surface area (Å²) in [6.45, 7) is 9.84. The highest BCUT2D eigenvalue weighted by molar-refractivity contribution is 5.99. The van der Waals surface area contributed by atoms with Crippen molar-refractivity contribution in [2.24, 2.45) is 0 Å². The number of carbonyl (C=O) groups is 3. The first-order chi connectivity index (χ1) is 19.5. The van der Waals surface area contributed by atoms with Gasteiger partial charge in [0.15, 0.2) is 0 Å². The van der Waals surface area contributed by atoms with Gasteiger partial charge in [-0.25, -0.2) is 0 Å². The van der Waals surface area contributed by atoms with Crippen molar-refractivity contribution in [1.29, 1.82) is 0 Å². The lowest BCUT2D eigenvalue weighted by molar-refractivity contribution is -0.116. The van der Waals surface area contributed by atoms with E-state index >= 15 is 0 Å². The number of likely N-dealkylation sites (tertiary alicyclic amines) is 1. The van der Waals surface area contributed by atoms with Crippen LogP contribution in [0.1, 0.15) is 110 Å². The topological polar surface area (TPSA) is 97.0 Å². The molecule has 224 valence electrons. The molecule has 8 heteroatoms. The second kappa shape index (κ2) is 14.4. The summed E-state index contributed by atoms with van der Waals surface area (Å²) < 4.78 is 11.4. The van der Waals surface area contributed by atoms with Gasteiger partial charge in [0.25, 0.3) is 11.8 Å². The van der Waals surface area contributed by atoms with Crippen LogP contribution in [0.5, 0.6) is 11.5 Å². The van der Waals surface area contributed by atoms with Crippen molar-refractivity contribution in [3.63, 3.8) is 0 Å². The Morgan fingerprint density at radius 1 is 0.976 bits per heavy atom. The molecule has 0 saturated carbocycles. The van der Waals surface area contributed by atoms with Gasteiger partial charge in [-0.1, -0.05) is 53.0 Å². The molecule has 1 aliphatic rings. The number of hydrogen-bond donors (Lipinski definition) is 2. The van der Waals surface area contributed by atoms with Gasteiger partial charge in [0, 0.05) is 43.9 Å². The summed E-state index contributed by atoms with van der Waals surface area (Å²) in [6.07, 6.45) is 6.00. The molecule has 2 N–H and O–H groups in total. The van der Waals surface area contributed by atoms with E-state index in [0.29, 0.717) is 28.3 Å². The van der Waals surface area contributed by atoms with E-state index in [1.54, 1.807) is 39.5 Å². The lowest BCUT2D eigenvalue weighted by atomic mass is 9.84. The zero-order valence-electron chi connectivity index (χ0n) is 25.8. The Labute approximate surface area is 245 Å². The molecule has 1 saturated heterocycles. The largest absolute Gasteiger partial charge is 0.496 e. The van der Waals surface area contributed by atoms with Crippen LogP contribution >= 0.6 is 0 Å². The van der Waals surface area contributed by atoms with Gasteiger partial charge in [0.1, 0.15) is 11.5 Å². The normalized spacial score (nSPS) is 14.0. The SMILES string of the molecule is CCCCCC(CC(=O)Nc1cc(C(=O)NC)ccc1C(C)(C)C)c1cc(C(=O)N2CCCC2)c(OC)cc1OC. The molecular formula is C33H47N3O5. The molecule has 1 heterocycles. The van der Waals surface area contributed by atoms with Crippen molar-refractivity contribution in [3.8, 4) is 11.5 Å². The Morgan fingerprint density at radius 2 is 1.66 bits per heavy atom. The fourth-order valence-electron chi connectivity index (χ4n) is 5.52. The molecule has 0 bridgehead atoms. The van der Waals surface area contributed by atoms with Crippen molar-refractivity contribution in [3.05, 3.63) is 52.6 Å². The number of amides is 3. The number of unbranched alkanes of at least 4 members (excludes halogenated alkanes) is 2. The number of nitrogens with zero attached hydrogens (tertiary/aromatic N) is 1. The van der Waals surface area contributed by atoms with Gasteiger partial charge in [-0.3, -0.25) is 14.4 Å². The summed E-state index contributed by atoms with van der Waals surface area (Å²) in [7, 11) is 4.74. The number of benzene rings is 2. The molecule has 0 spiro atoms. The van der Waals surface area contributed by atoms with Crippen LogP contribution in [-0.4, -0.2) is 57.0 Å². The van der Waals surface area contributed by atoms with Crippen molar-refractivity contribution in [2.75, 3.05) is 39.7 Å². The minimum absolute atomic E-state index is 0.0548. The second-order valence-corrected chi connectivity index (χ2v) is 11.8. The number of methoxy groups -OCH3 is 2. The summed E-state index contributed by atoms with van der Waals surface area (Å²) in [5, 5.41) is 5.76. The van der Waals surface area contributed by atoms with Gasteiger partial charge < -0.3 is 25.0 Å². The summed E-state index contributed by atoms with van der Waals surface area (Å²) in [4.78, 5) is 41.3. The van der Waals surface area contributed by atoms with Crippen LogP contribution in [0.3, 0.4) is 0 Å². The molecule has 0 radical (unpaired) electrons. The third-order valence-corrected chi connectivity index (χ3v) is 7.79. The first-order valence-corrected chi connectivity index (χ1v) is 14.8. The highest BCUT2D eigenvalue weighted by atomic mass is 16.5. The first kappa shape index (κ1) is 32.0. The molecule has 3 amide bonds. The van der Waals surface area contributed by atoms with Gasteiger partial charge in [0.2, 0.25) is 5.91 Å². The molecular weight excluding hydrogens is 518 g/mol. The third kappa shape index (κ3) is 8.02. The Balaban J connectivity index is 1.99. The fourth-order valence-corrected chi connectivity index (χ4v) is 5.52. The number of nitrogens with one attached hydrogen (secondary N) is 2. The number of hydrogen-bond acceptors (Lipinski definition) is 5. The standard InChI is InChI=1S/C33H47N3O5/c1-8-9-10-13-22(19-30(37)35-27-18-23(31(38)34-5)14-15-26(27)33(2,3)4)24-20-25(29(41-7)21-28(24)40-6)32(39)36-16-11-12-17-36/h14-15,18,20-22H,8-13,16-17,19H2,1-7H3,(H,34,38)(H,35,37).